The molecule has 6 heteroatoms. The normalized spacial score (nSPS) is 11.6. The fourth-order valence-corrected chi connectivity index (χ4v) is 2.07. The molecular formula is C16H16ClFN2O2. The third-order valence-electron chi connectivity index (χ3n) is 3.04. The Morgan fingerprint density at radius 1 is 1.27 bits per heavy atom. The molecule has 4 nitrogen and oxygen atoms in total. The van der Waals surface area contributed by atoms with Gasteiger partial charge in [0.1, 0.15) is 17.6 Å². The Hall–Kier alpha value is -2.27. The minimum absolute atomic E-state index is 0.155. The Morgan fingerprint density at radius 2 is 2.05 bits per heavy atom. The number of anilines is 2. The molecule has 0 saturated heterocycles. The van der Waals surface area contributed by atoms with Crippen molar-refractivity contribution in [3.8, 4) is 5.75 Å². The summed E-state index contributed by atoms with van der Waals surface area (Å²) >= 11 is 5.89. The third-order valence-corrected chi connectivity index (χ3v) is 3.35. The van der Waals surface area contributed by atoms with E-state index in [1.54, 1.807) is 20.1 Å². The van der Waals surface area contributed by atoms with E-state index in [1.165, 1.54) is 12.1 Å². The van der Waals surface area contributed by atoms with Gasteiger partial charge in [-0.05, 0) is 37.3 Å². The lowest BCUT2D eigenvalue weighted by atomic mass is 10.2. The Kier molecular flexibility index (Phi) is 5.22. The van der Waals surface area contributed by atoms with E-state index < -0.39 is 11.9 Å². The van der Waals surface area contributed by atoms with Gasteiger partial charge in [0.15, 0.2) is 0 Å². The second-order valence-corrected chi connectivity index (χ2v) is 5.12. The number of carbonyl (C=O) groups is 1. The first-order valence-corrected chi connectivity index (χ1v) is 7.04. The summed E-state index contributed by atoms with van der Waals surface area (Å²) in [5, 5.41) is 5.87. The maximum absolute atomic E-state index is 13.0. The summed E-state index contributed by atoms with van der Waals surface area (Å²) < 4.78 is 18.1. The molecule has 2 aromatic rings. The Labute approximate surface area is 133 Å². The van der Waals surface area contributed by atoms with Gasteiger partial charge in [0.05, 0.1) is 17.8 Å². The topological polar surface area (TPSA) is 50.4 Å². The van der Waals surface area contributed by atoms with Crippen molar-refractivity contribution in [2.45, 2.75) is 13.0 Å². The van der Waals surface area contributed by atoms with E-state index in [-0.39, 0.29) is 10.9 Å². The molecule has 0 aliphatic carbocycles. The van der Waals surface area contributed by atoms with Crippen LogP contribution in [0.25, 0.3) is 0 Å². The zero-order valence-electron chi connectivity index (χ0n) is 12.2. The summed E-state index contributed by atoms with van der Waals surface area (Å²) in [5.74, 6) is -0.0407. The number of amides is 1. The van der Waals surface area contributed by atoms with E-state index in [0.29, 0.717) is 11.4 Å². The smallest absolute Gasteiger partial charge is 0.246 e. The second-order valence-electron chi connectivity index (χ2n) is 4.71. The van der Waals surface area contributed by atoms with E-state index in [9.17, 15) is 9.18 Å². The largest absolute Gasteiger partial charge is 0.497 e. The molecule has 116 valence electrons. The van der Waals surface area contributed by atoms with Crippen LogP contribution in [-0.4, -0.2) is 19.1 Å². The van der Waals surface area contributed by atoms with Crippen LogP contribution < -0.4 is 15.4 Å². The van der Waals surface area contributed by atoms with Crippen LogP contribution in [0.2, 0.25) is 5.02 Å². The first-order valence-electron chi connectivity index (χ1n) is 6.66. The van der Waals surface area contributed by atoms with Gasteiger partial charge < -0.3 is 15.4 Å². The van der Waals surface area contributed by atoms with Gasteiger partial charge in [0, 0.05) is 11.8 Å². The molecule has 0 heterocycles. The summed E-state index contributed by atoms with van der Waals surface area (Å²) in [6.45, 7) is 1.71. The summed E-state index contributed by atoms with van der Waals surface area (Å²) in [6.07, 6.45) is 0. The number of halogens is 2. The maximum atomic E-state index is 13.0. The van der Waals surface area contributed by atoms with Crippen LogP contribution in [0.1, 0.15) is 6.92 Å². The average Bonchev–Trinajstić information content (AvgIpc) is 2.50. The predicted octanol–water partition coefficient (Wildman–Crippen LogP) is 3.93. The molecule has 2 rings (SSSR count). The van der Waals surface area contributed by atoms with Gasteiger partial charge in [-0.3, -0.25) is 4.79 Å². The molecule has 1 amide bonds. The van der Waals surface area contributed by atoms with Gasteiger partial charge in [-0.15, -0.1) is 0 Å². The summed E-state index contributed by atoms with van der Waals surface area (Å²) in [4.78, 5) is 12.2. The average molecular weight is 323 g/mol. The number of hydrogen-bond acceptors (Lipinski definition) is 3. The first kappa shape index (κ1) is 16.1. The SMILES string of the molecule is COc1cccc(NC(C)C(=O)Nc2ccc(F)cc2Cl)c1. The fourth-order valence-electron chi connectivity index (χ4n) is 1.86. The number of carbonyl (C=O) groups excluding carboxylic acids is 1. The highest BCUT2D eigenvalue weighted by atomic mass is 35.5. The van der Waals surface area contributed by atoms with Crippen LogP contribution in [0, 0.1) is 5.82 Å². The molecule has 0 radical (unpaired) electrons. The number of nitrogens with one attached hydrogen (secondary N) is 2. The van der Waals surface area contributed by atoms with Crippen LogP contribution in [0.3, 0.4) is 0 Å². The lowest BCUT2D eigenvalue weighted by Gasteiger charge is -2.16. The van der Waals surface area contributed by atoms with Gasteiger partial charge in [-0.2, -0.15) is 0 Å². The van der Waals surface area contributed by atoms with Gasteiger partial charge in [0.25, 0.3) is 0 Å². The quantitative estimate of drug-likeness (QED) is 0.877. The molecular weight excluding hydrogens is 307 g/mol. The van der Waals surface area contributed by atoms with Crippen molar-refractivity contribution in [3.63, 3.8) is 0 Å². The van der Waals surface area contributed by atoms with Crippen molar-refractivity contribution in [3.05, 3.63) is 53.3 Å². The van der Waals surface area contributed by atoms with Crippen molar-refractivity contribution in [2.24, 2.45) is 0 Å². The maximum Gasteiger partial charge on any atom is 0.246 e. The fraction of sp³-hybridized carbons (Fsp3) is 0.188. The standard InChI is InChI=1S/C16H16ClFN2O2/c1-10(19-12-4-3-5-13(9-12)22-2)16(21)20-15-7-6-11(18)8-14(15)17/h3-10,19H,1-2H3,(H,20,21). The highest BCUT2D eigenvalue weighted by molar-refractivity contribution is 6.33. The lowest BCUT2D eigenvalue weighted by molar-refractivity contribution is -0.116. The van der Waals surface area contributed by atoms with Gasteiger partial charge in [0.2, 0.25) is 5.91 Å². The molecule has 0 saturated carbocycles. The van der Waals surface area contributed by atoms with Crippen LogP contribution in [0.15, 0.2) is 42.5 Å². The van der Waals surface area contributed by atoms with E-state index >= 15 is 0 Å². The van der Waals surface area contributed by atoms with Gasteiger partial charge in [-0.25, -0.2) is 4.39 Å². The number of benzene rings is 2. The van der Waals surface area contributed by atoms with Crippen LogP contribution in [0.4, 0.5) is 15.8 Å². The molecule has 2 N–H and O–H groups in total. The molecule has 0 fully saturated rings. The van der Waals surface area contributed by atoms with E-state index in [2.05, 4.69) is 10.6 Å². The van der Waals surface area contributed by atoms with E-state index in [0.717, 1.165) is 11.8 Å². The summed E-state index contributed by atoms with van der Waals surface area (Å²) in [6, 6.07) is 10.6. The minimum atomic E-state index is -0.506. The number of hydrogen-bond donors (Lipinski definition) is 2. The van der Waals surface area contributed by atoms with Gasteiger partial charge in [-0.1, -0.05) is 17.7 Å². The zero-order chi connectivity index (χ0) is 16.1. The van der Waals surface area contributed by atoms with Crippen molar-refractivity contribution in [2.75, 3.05) is 17.7 Å². The second kappa shape index (κ2) is 7.13. The number of rotatable bonds is 5. The van der Waals surface area contributed by atoms with E-state index in [4.69, 9.17) is 16.3 Å². The van der Waals surface area contributed by atoms with Crippen molar-refractivity contribution >= 4 is 28.9 Å². The molecule has 2 aromatic carbocycles. The zero-order valence-corrected chi connectivity index (χ0v) is 12.9. The van der Waals surface area contributed by atoms with Crippen molar-refractivity contribution < 1.29 is 13.9 Å². The molecule has 1 unspecified atom stereocenters. The molecule has 0 bridgehead atoms. The first-order chi connectivity index (χ1) is 10.5. The predicted molar refractivity (Wildman–Crippen MR) is 86.1 cm³/mol. The highest BCUT2D eigenvalue weighted by Gasteiger charge is 2.14. The van der Waals surface area contributed by atoms with Crippen LogP contribution in [0.5, 0.6) is 5.75 Å². The number of ether oxygens (including phenoxy) is 1. The van der Waals surface area contributed by atoms with Crippen molar-refractivity contribution in [1.82, 2.24) is 0 Å². The van der Waals surface area contributed by atoms with Crippen LogP contribution in [-0.2, 0) is 4.79 Å². The molecule has 1 atom stereocenters. The minimum Gasteiger partial charge on any atom is -0.497 e. The molecule has 0 aliphatic rings. The summed E-state index contributed by atoms with van der Waals surface area (Å²) in [7, 11) is 1.58. The molecule has 22 heavy (non-hydrogen) atoms. The van der Waals surface area contributed by atoms with Crippen molar-refractivity contribution in [1.29, 1.82) is 0 Å². The molecule has 0 aliphatic heterocycles. The Bertz CT molecular complexity index is 679. The Morgan fingerprint density at radius 3 is 2.73 bits per heavy atom. The molecule has 0 spiro atoms. The van der Waals surface area contributed by atoms with Gasteiger partial charge >= 0.3 is 0 Å². The monoisotopic (exact) mass is 322 g/mol. The third kappa shape index (κ3) is 4.11. The van der Waals surface area contributed by atoms with Crippen LogP contribution >= 0.6 is 11.6 Å². The Balaban J connectivity index is 2.02. The highest BCUT2D eigenvalue weighted by Crippen LogP contribution is 2.23. The van der Waals surface area contributed by atoms with E-state index in [1.807, 2.05) is 18.2 Å². The lowest BCUT2D eigenvalue weighted by Crippen LogP contribution is -2.31. The molecule has 0 aromatic heterocycles. The summed E-state index contributed by atoms with van der Waals surface area (Å²) in [5.41, 5.74) is 1.12. The number of methoxy groups -OCH3 is 1.